The number of carbonyl (C=O) groups excluding carboxylic acids is 1. The van der Waals surface area contributed by atoms with E-state index in [1.54, 1.807) is 30.8 Å². The van der Waals surface area contributed by atoms with Crippen LogP contribution < -0.4 is 14.8 Å². The number of ether oxygens (including phenoxy) is 2. The molecule has 0 radical (unpaired) electrons. The number of allylic oxidation sites excluding steroid dienone is 2. The van der Waals surface area contributed by atoms with Crippen LogP contribution >= 0.6 is 23.2 Å². The maximum absolute atomic E-state index is 12.4. The van der Waals surface area contributed by atoms with Crippen LogP contribution in [0.1, 0.15) is 31.0 Å². The average molecular weight is 459 g/mol. The van der Waals surface area contributed by atoms with E-state index < -0.39 is 6.04 Å². The molecule has 0 bridgehead atoms. The number of ketones is 1. The number of fused-ring (bicyclic) bond motifs is 1. The third-order valence-electron chi connectivity index (χ3n) is 5.08. The molecule has 9 heteroatoms. The Hall–Kier alpha value is -3.03. The highest BCUT2D eigenvalue weighted by Gasteiger charge is 2.32. The van der Waals surface area contributed by atoms with E-state index in [4.69, 9.17) is 32.7 Å². The molecule has 4 rings (SSSR count). The average Bonchev–Trinajstić information content (AvgIpc) is 3.19. The van der Waals surface area contributed by atoms with Crippen LogP contribution in [-0.4, -0.2) is 27.7 Å². The Balaban J connectivity index is 1.67. The van der Waals surface area contributed by atoms with Crippen molar-refractivity contribution in [3.05, 3.63) is 75.2 Å². The molecule has 0 fully saturated rings. The normalized spacial score (nSPS) is 15.3. The highest BCUT2D eigenvalue weighted by molar-refractivity contribution is 6.35. The van der Waals surface area contributed by atoms with Crippen molar-refractivity contribution in [3.8, 4) is 11.5 Å². The number of methoxy groups -OCH3 is 1. The summed E-state index contributed by atoms with van der Waals surface area (Å²) in [5, 5.41) is 8.54. The van der Waals surface area contributed by atoms with Crippen molar-refractivity contribution in [2.45, 2.75) is 26.5 Å². The molecule has 3 aromatic rings. The lowest BCUT2D eigenvalue weighted by Crippen LogP contribution is -2.27. The van der Waals surface area contributed by atoms with Gasteiger partial charge >= 0.3 is 0 Å². The third-order valence-corrected chi connectivity index (χ3v) is 5.66. The van der Waals surface area contributed by atoms with E-state index in [9.17, 15) is 4.79 Å². The molecular formula is C22H20Cl2N4O3. The molecule has 0 saturated carbocycles. The Morgan fingerprint density at radius 3 is 2.71 bits per heavy atom. The van der Waals surface area contributed by atoms with Crippen molar-refractivity contribution in [2.24, 2.45) is 0 Å². The number of hydrogen-bond acceptors (Lipinski definition) is 6. The van der Waals surface area contributed by atoms with Crippen LogP contribution in [0.25, 0.3) is 0 Å². The third kappa shape index (κ3) is 4.11. The lowest BCUT2D eigenvalue weighted by atomic mass is 9.93. The number of anilines is 1. The number of benzene rings is 2. The largest absolute Gasteiger partial charge is 0.493 e. The molecule has 0 saturated heterocycles. The van der Waals surface area contributed by atoms with Gasteiger partial charge < -0.3 is 14.8 Å². The van der Waals surface area contributed by atoms with Gasteiger partial charge in [0.25, 0.3) is 0 Å². The molecule has 0 amide bonds. The molecule has 160 valence electrons. The van der Waals surface area contributed by atoms with Crippen molar-refractivity contribution in [3.63, 3.8) is 0 Å². The van der Waals surface area contributed by atoms with Crippen LogP contribution in [0.5, 0.6) is 11.5 Å². The Morgan fingerprint density at radius 2 is 2.00 bits per heavy atom. The van der Waals surface area contributed by atoms with Gasteiger partial charge in [-0.15, -0.1) is 0 Å². The van der Waals surface area contributed by atoms with E-state index in [0.29, 0.717) is 33.1 Å². The first-order valence-corrected chi connectivity index (χ1v) is 10.3. The van der Waals surface area contributed by atoms with Crippen LogP contribution in [-0.2, 0) is 11.4 Å². The second-order valence-electron chi connectivity index (χ2n) is 7.09. The minimum absolute atomic E-state index is 0.0483. The zero-order valence-electron chi connectivity index (χ0n) is 17.1. The second-order valence-corrected chi connectivity index (χ2v) is 7.93. The molecule has 1 N–H and O–H groups in total. The maximum atomic E-state index is 12.4. The van der Waals surface area contributed by atoms with E-state index in [0.717, 1.165) is 16.8 Å². The van der Waals surface area contributed by atoms with Gasteiger partial charge in [-0.1, -0.05) is 35.3 Å². The number of Topliss-reactive ketones (excluding diaryl/α,β-unsaturated/α-hetero) is 1. The van der Waals surface area contributed by atoms with Crippen LogP contribution in [0.15, 0.2) is 54.0 Å². The smallest absolute Gasteiger partial charge is 0.226 e. The minimum Gasteiger partial charge on any atom is -0.493 e. The second kappa shape index (κ2) is 8.61. The number of halogens is 2. The summed E-state index contributed by atoms with van der Waals surface area (Å²) >= 11 is 12.2. The molecule has 0 aliphatic carbocycles. The Labute approximate surface area is 189 Å². The predicted octanol–water partition coefficient (Wildman–Crippen LogP) is 5.05. The maximum Gasteiger partial charge on any atom is 0.226 e. The fourth-order valence-electron chi connectivity index (χ4n) is 3.62. The first-order valence-electron chi connectivity index (χ1n) is 9.52. The van der Waals surface area contributed by atoms with E-state index in [2.05, 4.69) is 15.4 Å². The lowest BCUT2D eigenvalue weighted by molar-refractivity contribution is -0.114. The van der Waals surface area contributed by atoms with Crippen LogP contribution in [0, 0.1) is 0 Å². The number of aromatic nitrogens is 3. The van der Waals surface area contributed by atoms with E-state index in [1.807, 2.05) is 31.2 Å². The number of carbonyl (C=O) groups is 1. The van der Waals surface area contributed by atoms with Gasteiger partial charge in [-0.25, -0.2) is 4.68 Å². The summed E-state index contributed by atoms with van der Waals surface area (Å²) in [6, 6.07) is 10.4. The highest BCUT2D eigenvalue weighted by atomic mass is 35.5. The van der Waals surface area contributed by atoms with Crippen molar-refractivity contribution < 1.29 is 14.3 Å². The standard InChI is InChI=1S/C22H20Cl2N4O3/c1-12-20(13(2)29)21(28-22(27-12)25-11-26-28)14-5-7-18(19(8-14)30-3)31-10-15-4-6-16(23)9-17(15)24/h4-9,11,21H,10H2,1-3H3,(H,25,26,27). The molecule has 1 aliphatic rings. The van der Waals surface area contributed by atoms with Gasteiger partial charge in [-0.2, -0.15) is 10.1 Å². The van der Waals surface area contributed by atoms with Gasteiger partial charge in [-0.3, -0.25) is 4.79 Å². The van der Waals surface area contributed by atoms with E-state index >= 15 is 0 Å². The summed E-state index contributed by atoms with van der Waals surface area (Å²) in [5.74, 6) is 1.61. The molecular weight excluding hydrogens is 439 g/mol. The van der Waals surface area contributed by atoms with Gasteiger partial charge in [0.1, 0.15) is 19.0 Å². The summed E-state index contributed by atoms with van der Waals surface area (Å²) in [4.78, 5) is 16.7. The molecule has 31 heavy (non-hydrogen) atoms. The zero-order chi connectivity index (χ0) is 22.1. The first kappa shape index (κ1) is 21.2. The van der Waals surface area contributed by atoms with Crippen molar-refractivity contribution >= 4 is 34.9 Å². The molecule has 1 aromatic heterocycles. The lowest BCUT2D eigenvalue weighted by Gasteiger charge is -2.28. The summed E-state index contributed by atoms with van der Waals surface area (Å²) in [5.41, 5.74) is 2.99. The summed E-state index contributed by atoms with van der Waals surface area (Å²) in [6.07, 6.45) is 1.45. The first-order chi connectivity index (χ1) is 14.9. The zero-order valence-corrected chi connectivity index (χ0v) is 18.7. The summed E-state index contributed by atoms with van der Waals surface area (Å²) in [6.45, 7) is 3.65. The topological polar surface area (TPSA) is 78.3 Å². The number of nitrogens with zero attached hydrogens (tertiary/aromatic N) is 3. The van der Waals surface area contributed by atoms with Gasteiger partial charge in [0.2, 0.25) is 5.95 Å². The Morgan fingerprint density at radius 1 is 1.19 bits per heavy atom. The molecule has 1 unspecified atom stereocenters. The predicted molar refractivity (Wildman–Crippen MR) is 119 cm³/mol. The van der Waals surface area contributed by atoms with Crippen LogP contribution in [0.2, 0.25) is 10.0 Å². The minimum atomic E-state index is -0.426. The highest BCUT2D eigenvalue weighted by Crippen LogP contribution is 2.39. The molecule has 2 heterocycles. The van der Waals surface area contributed by atoms with Gasteiger partial charge in [0.05, 0.1) is 7.11 Å². The van der Waals surface area contributed by atoms with E-state index in [-0.39, 0.29) is 12.4 Å². The summed E-state index contributed by atoms with van der Waals surface area (Å²) < 4.78 is 13.2. The van der Waals surface area contributed by atoms with Crippen LogP contribution in [0.3, 0.4) is 0 Å². The number of rotatable bonds is 6. The Kier molecular flexibility index (Phi) is 5.89. The summed E-state index contributed by atoms with van der Waals surface area (Å²) in [7, 11) is 1.57. The molecule has 7 nitrogen and oxygen atoms in total. The number of hydrogen-bond donors (Lipinski definition) is 1. The fraction of sp³-hybridized carbons (Fsp3) is 0.227. The molecule has 1 aliphatic heterocycles. The SMILES string of the molecule is COc1cc(C2C(C(C)=O)=C(C)Nc3ncnn32)ccc1OCc1ccc(Cl)cc1Cl. The molecule has 2 aromatic carbocycles. The number of nitrogens with one attached hydrogen (secondary N) is 1. The van der Waals surface area contributed by atoms with Gasteiger partial charge in [0, 0.05) is 26.9 Å². The quantitative estimate of drug-likeness (QED) is 0.556. The van der Waals surface area contributed by atoms with Crippen molar-refractivity contribution in [1.82, 2.24) is 14.8 Å². The van der Waals surface area contributed by atoms with Crippen LogP contribution in [0.4, 0.5) is 5.95 Å². The molecule has 1 atom stereocenters. The Bertz CT molecular complexity index is 1190. The van der Waals surface area contributed by atoms with Gasteiger partial charge in [-0.05, 0) is 43.7 Å². The van der Waals surface area contributed by atoms with Crippen molar-refractivity contribution in [1.29, 1.82) is 0 Å². The van der Waals surface area contributed by atoms with Crippen molar-refractivity contribution in [2.75, 3.05) is 12.4 Å². The fourth-order valence-corrected chi connectivity index (χ4v) is 4.09. The van der Waals surface area contributed by atoms with Gasteiger partial charge in [0.15, 0.2) is 17.3 Å². The monoisotopic (exact) mass is 458 g/mol. The molecule has 0 spiro atoms. The van der Waals surface area contributed by atoms with E-state index in [1.165, 1.54) is 6.33 Å².